The van der Waals surface area contributed by atoms with Crippen molar-refractivity contribution in [3.63, 3.8) is 0 Å². The van der Waals surface area contributed by atoms with Gasteiger partial charge in [-0.05, 0) is 49.9 Å². The minimum Gasteiger partial charge on any atom is -0.481 e. The number of aliphatic carboxylic acids is 1. The molecular formula is C16H22N2O3. The van der Waals surface area contributed by atoms with E-state index in [9.17, 15) is 9.59 Å². The number of amides is 1. The second kappa shape index (κ2) is 7.22. The summed E-state index contributed by atoms with van der Waals surface area (Å²) in [6.07, 6.45) is 3.71. The van der Waals surface area contributed by atoms with Crippen LogP contribution in [0.4, 0.5) is 0 Å². The molecule has 114 valence electrons. The third-order valence-corrected chi connectivity index (χ3v) is 4.01. The number of nitrogens with two attached hydrogens (primary N) is 1. The van der Waals surface area contributed by atoms with Gasteiger partial charge in [-0.25, -0.2) is 0 Å². The summed E-state index contributed by atoms with van der Waals surface area (Å²) in [7, 11) is 0. The molecule has 0 aliphatic heterocycles. The van der Waals surface area contributed by atoms with Crippen molar-refractivity contribution in [2.45, 2.75) is 38.1 Å². The highest BCUT2D eigenvalue weighted by molar-refractivity contribution is 5.94. The zero-order valence-electron chi connectivity index (χ0n) is 12.0. The van der Waals surface area contributed by atoms with Crippen molar-refractivity contribution in [3.8, 4) is 0 Å². The normalized spacial score (nSPS) is 21.8. The molecule has 1 amide bonds. The molecule has 0 aromatic heterocycles. The second-order valence-corrected chi connectivity index (χ2v) is 5.61. The summed E-state index contributed by atoms with van der Waals surface area (Å²) in [5, 5.41) is 12.0. The van der Waals surface area contributed by atoms with E-state index in [2.05, 4.69) is 5.32 Å². The number of benzene rings is 1. The van der Waals surface area contributed by atoms with Gasteiger partial charge in [-0.15, -0.1) is 0 Å². The molecule has 4 N–H and O–H groups in total. The average molecular weight is 290 g/mol. The Kier molecular flexibility index (Phi) is 5.33. The van der Waals surface area contributed by atoms with Crippen LogP contribution < -0.4 is 11.1 Å². The van der Waals surface area contributed by atoms with Crippen LogP contribution in [0.25, 0.3) is 0 Å². The lowest BCUT2D eigenvalue weighted by Crippen LogP contribution is -2.39. The number of carbonyl (C=O) groups is 2. The molecule has 1 fully saturated rings. The lowest BCUT2D eigenvalue weighted by molar-refractivity contribution is -0.143. The molecule has 1 saturated carbocycles. The standard InChI is InChI=1S/C16H22N2O3/c17-9-8-11-4-6-12(7-5-11)15(19)18-14-3-1-2-13(10-14)16(20)21/h4-7,13-14H,1-3,8-10,17H2,(H,18,19)(H,20,21). The number of hydrogen-bond acceptors (Lipinski definition) is 3. The van der Waals surface area contributed by atoms with Gasteiger partial charge in [-0.2, -0.15) is 0 Å². The van der Waals surface area contributed by atoms with Crippen molar-refractivity contribution in [2.75, 3.05) is 6.54 Å². The number of nitrogens with one attached hydrogen (secondary N) is 1. The summed E-state index contributed by atoms with van der Waals surface area (Å²) in [6.45, 7) is 0.587. The average Bonchev–Trinajstić information content (AvgIpc) is 2.48. The fourth-order valence-corrected chi connectivity index (χ4v) is 2.80. The second-order valence-electron chi connectivity index (χ2n) is 5.61. The van der Waals surface area contributed by atoms with Crippen LogP contribution >= 0.6 is 0 Å². The molecule has 2 unspecified atom stereocenters. The predicted molar refractivity (Wildman–Crippen MR) is 80.0 cm³/mol. The third kappa shape index (κ3) is 4.29. The molecule has 1 aromatic carbocycles. The van der Waals surface area contributed by atoms with E-state index in [1.807, 2.05) is 12.1 Å². The van der Waals surface area contributed by atoms with Crippen molar-refractivity contribution >= 4 is 11.9 Å². The van der Waals surface area contributed by atoms with Crippen molar-refractivity contribution in [3.05, 3.63) is 35.4 Å². The van der Waals surface area contributed by atoms with Crippen molar-refractivity contribution in [1.82, 2.24) is 5.32 Å². The molecular weight excluding hydrogens is 268 g/mol. The first-order valence-corrected chi connectivity index (χ1v) is 7.43. The Morgan fingerprint density at radius 3 is 2.57 bits per heavy atom. The van der Waals surface area contributed by atoms with Crippen LogP contribution in [0.1, 0.15) is 41.6 Å². The van der Waals surface area contributed by atoms with Gasteiger partial charge < -0.3 is 16.2 Å². The maximum absolute atomic E-state index is 12.2. The van der Waals surface area contributed by atoms with Gasteiger partial charge >= 0.3 is 5.97 Å². The van der Waals surface area contributed by atoms with Crippen LogP contribution in [0.3, 0.4) is 0 Å². The molecule has 1 aliphatic carbocycles. The minimum absolute atomic E-state index is 0.0453. The Morgan fingerprint density at radius 2 is 1.95 bits per heavy atom. The molecule has 5 heteroatoms. The van der Waals surface area contributed by atoms with Gasteiger partial charge in [0.05, 0.1) is 5.92 Å². The van der Waals surface area contributed by atoms with E-state index < -0.39 is 5.97 Å². The van der Waals surface area contributed by atoms with Gasteiger partial charge in [0.2, 0.25) is 0 Å². The van der Waals surface area contributed by atoms with Gasteiger partial charge in [-0.3, -0.25) is 9.59 Å². The van der Waals surface area contributed by atoms with Crippen molar-refractivity contribution in [2.24, 2.45) is 11.7 Å². The molecule has 0 radical (unpaired) electrons. The van der Waals surface area contributed by atoms with E-state index in [-0.39, 0.29) is 17.9 Å². The Hall–Kier alpha value is -1.88. The Balaban J connectivity index is 1.92. The first-order chi connectivity index (χ1) is 10.1. The Morgan fingerprint density at radius 1 is 1.24 bits per heavy atom. The molecule has 0 spiro atoms. The van der Waals surface area contributed by atoms with Crippen LogP contribution in [-0.2, 0) is 11.2 Å². The summed E-state index contributed by atoms with van der Waals surface area (Å²) in [5.74, 6) is -1.23. The van der Waals surface area contributed by atoms with Crippen LogP contribution in [0.5, 0.6) is 0 Å². The van der Waals surface area contributed by atoms with E-state index in [0.717, 1.165) is 24.8 Å². The van der Waals surface area contributed by atoms with E-state index in [4.69, 9.17) is 10.8 Å². The summed E-state index contributed by atoms with van der Waals surface area (Å²) in [6, 6.07) is 7.34. The Labute approximate surface area is 124 Å². The van der Waals surface area contributed by atoms with E-state index in [0.29, 0.717) is 24.9 Å². The zero-order chi connectivity index (χ0) is 15.2. The first-order valence-electron chi connectivity index (χ1n) is 7.43. The molecule has 0 bridgehead atoms. The zero-order valence-corrected chi connectivity index (χ0v) is 12.0. The minimum atomic E-state index is -0.764. The monoisotopic (exact) mass is 290 g/mol. The van der Waals surface area contributed by atoms with E-state index >= 15 is 0 Å². The quantitative estimate of drug-likeness (QED) is 0.767. The smallest absolute Gasteiger partial charge is 0.306 e. The van der Waals surface area contributed by atoms with Gasteiger partial charge in [0, 0.05) is 11.6 Å². The SMILES string of the molecule is NCCc1ccc(C(=O)NC2CCCC(C(=O)O)C2)cc1. The molecule has 0 heterocycles. The predicted octanol–water partition coefficient (Wildman–Crippen LogP) is 1.56. The molecule has 0 saturated heterocycles. The van der Waals surface area contributed by atoms with Gasteiger partial charge in [0.15, 0.2) is 0 Å². The van der Waals surface area contributed by atoms with Crippen LogP contribution in [0, 0.1) is 5.92 Å². The number of carboxylic acid groups (broad SMARTS) is 1. The van der Waals surface area contributed by atoms with Gasteiger partial charge in [0.1, 0.15) is 0 Å². The van der Waals surface area contributed by atoms with E-state index in [1.54, 1.807) is 12.1 Å². The Bertz CT molecular complexity index is 499. The van der Waals surface area contributed by atoms with Crippen LogP contribution in [-0.4, -0.2) is 29.6 Å². The summed E-state index contributed by atoms with van der Waals surface area (Å²) in [5.41, 5.74) is 7.21. The highest BCUT2D eigenvalue weighted by Gasteiger charge is 2.27. The topological polar surface area (TPSA) is 92.4 Å². The molecule has 1 aliphatic rings. The highest BCUT2D eigenvalue weighted by atomic mass is 16.4. The molecule has 2 rings (SSSR count). The van der Waals surface area contributed by atoms with Crippen LogP contribution in [0.2, 0.25) is 0 Å². The van der Waals surface area contributed by atoms with E-state index in [1.165, 1.54) is 0 Å². The summed E-state index contributed by atoms with van der Waals surface area (Å²) >= 11 is 0. The largest absolute Gasteiger partial charge is 0.481 e. The van der Waals surface area contributed by atoms with Crippen molar-refractivity contribution in [1.29, 1.82) is 0 Å². The number of carbonyl (C=O) groups excluding carboxylic acids is 1. The van der Waals surface area contributed by atoms with Gasteiger partial charge in [0.25, 0.3) is 5.91 Å². The molecule has 21 heavy (non-hydrogen) atoms. The lowest BCUT2D eigenvalue weighted by Gasteiger charge is -2.27. The lowest BCUT2D eigenvalue weighted by atomic mass is 9.85. The highest BCUT2D eigenvalue weighted by Crippen LogP contribution is 2.24. The van der Waals surface area contributed by atoms with Gasteiger partial charge in [-0.1, -0.05) is 18.6 Å². The molecule has 1 aromatic rings. The summed E-state index contributed by atoms with van der Waals surface area (Å²) in [4.78, 5) is 23.2. The number of hydrogen-bond donors (Lipinski definition) is 3. The third-order valence-electron chi connectivity index (χ3n) is 4.01. The first kappa shape index (κ1) is 15.5. The fourth-order valence-electron chi connectivity index (χ4n) is 2.80. The fraction of sp³-hybridized carbons (Fsp3) is 0.500. The van der Waals surface area contributed by atoms with Crippen molar-refractivity contribution < 1.29 is 14.7 Å². The summed E-state index contributed by atoms with van der Waals surface area (Å²) < 4.78 is 0. The molecule has 2 atom stereocenters. The number of rotatable bonds is 5. The maximum Gasteiger partial charge on any atom is 0.306 e. The van der Waals surface area contributed by atoms with Crippen LogP contribution in [0.15, 0.2) is 24.3 Å². The number of carboxylic acids is 1. The molecule has 5 nitrogen and oxygen atoms in total. The maximum atomic E-state index is 12.2.